The average molecular weight is 466 g/mol. The molecule has 0 atom stereocenters. The molecule has 2 N–H and O–H groups in total. The van der Waals surface area contributed by atoms with Gasteiger partial charge >= 0.3 is 0 Å². The monoisotopic (exact) mass is 465 g/mol. The van der Waals surface area contributed by atoms with E-state index in [1.165, 1.54) is 25.3 Å². The van der Waals surface area contributed by atoms with E-state index in [2.05, 4.69) is 26.8 Å². The van der Waals surface area contributed by atoms with E-state index in [4.69, 9.17) is 0 Å². The number of aryl methyl sites for hydroxylation is 1. The van der Waals surface area contributed by atoms with Crippen molar-refractivity contribution in [1.29, 1.82) is 0 Å². The van der Waals surface area contributed by atoms with Crippen molar-refractivity contribution in [3.63, 3.8) is 0 Å². The van der Waals surface area contributed by atoms with E-state index in [9.17, 15) is 18.0 Å². The lowest BCUT2D eigenvalue weighted by Gasteiger charge is -2.17. The maximum atomic E-state index is 12.4. The molecule has 0 fully saturated rings. The topological polar surface area (TPSA) is 95.6 Å². The fraction of sp³-hybridized carbons (Fsp3) is 0.158. The average Bonchev–Trinajstić information content (AvgIpc) is 2.65. The predicted octanol–water partition coefficient (Wildman–Crippen LogP) is 2.24. The molecule has 148 valence electrons. The van der Waals surface area contributed by atoms with Crippen molar-refractivity contribution < 1.29 is 18.0 Å². The summed E-state index contributed by atoms with van der Waals surface area (Å²) in [6.45, 7) is 1.41. The number of amides is 2. The van der Waals surface area contributed by atoms with Gasteiger partial charge in [-0.3, -0.25) is 20.4 Å². The van der Waals surface area contributed by atoms with Crippen LogP contribution in [-0.2, 0) is 19.6 Å². The van der Waals surface area contributed by atoms with Gasteiger partial charge in [-0.1, -0.05) is 45.8 Å². The van der Waals surface area contributed by atoms with Crippen LogP contribution >= 0.6 is 15.9 Å². The van der Waals surface area contributed by atoms with Gasteiger partial charge in [-0.15, -0.1) is 0 Å². The Morgan fingerprint density at radius 1 is 1.11 bits per heavy atom. The zero-order chi connectivity index (χ0) is 20.7. The number of carbonyl (C=O) groups excluding carboxylic acids is 2. The second kappa shape index (κ2) is 9.63. The molecule has 0 saturated heterocycles. The molecule has 2 rings (SSSR count). The fourth-order valence-electron chi connectivity index (χ4n) is 2.17. The third-order valence-electron chi connectivity index (χ3n) is 3.70. The first kappa shape index (κ1) is 21.8. The summed E-state index contributed by atoms with van der Waals surface area (Å²) in [7, 11) is -2.50. The van der Waals surface area contributed by atoms with Gasteiger partial charge in [0.2, 0.25) is 10.0 Å². The van der Waals surface area contributed by atoms with Crippen LogP contribution < -0.4 is 10.9 Å². The number of hydrogen-bond donors (Lipinski definition) is 2. The normalized spacial score (nSPS) is 11.6. The summed E-state index contributed by atoms with van der Waals surface area (Å²) in [4.78, 5) is 23.8. The second-order valence-electron chi connectivity index (χ2n) is 6.00. The number of nitrogens with one attached hydrogen (secondary N) is 2. The molecule has 2 aromatic carbocycles. The number of hydrogen-bond acceptors (Lipinski definition) is 4. The molecule has 0 bridgehead atoms. The SMILES string of the molecule is Cc1ccc(S(=O)(=O)N(C)CC(=O)NNC(=O)C=Cc2cccc(Br)c2)cc1. The molecule has 28 heavy (non-hydrogen) atoms. The largest absolute Gasteiger partial charge is 0.272 e. The summed E-state index contributed by atoms with van der Waals surface area (Å²) in [5.74, 6) is -1.21. The van der Waals surface area contributed by atoms with Gasteiger partial charge in [-0.25, -0.2) is 8.42 Å². The van der Waals surface area contributed by atoms with E-state index >= 15 is 0 Å². The molecule has 2 amide bonds. The zero-order valence-corrected chi connectivity index (χ0v) is 17.7. The van der Waals surface area contributed by atoms with Crippen molar-refractivity contribution in [2.24, 2.45) is 0 Å². The number of hydrazine groups is 1. The van der Waals surface area contributed by atoms with E-state index in [1.807, 2.05) is 31.2 Å². The van der Waals surface area contributed by atoms with Crippen molar-refractivity contribution in [2.45, 2.75) is 11.8 Å². The summed E-state index contributed by atoms with van der Waals surface area (Å²) in [5, 5.41) is 0. The third-order valence-corrected chi connectivity index (χ3v) is 6.01. The Bertz CT molecular complexity index is 988. The van der Waals surface area contributed by atoms with Crippen LogP contribution in [0, 0.1) is 6.92 Å². The Kier molecular flexibility index (Phi) is 7.50. The molecule has 0 aromatic heterocycles. The number of likely N-dealkylation sites (N-methyl/N-ethyl adjacent to an activating group) is 1. The molecule has 0 heterocycles. The van der Waals surface area contributed by atoms with Gasteiger partial charge in [0.05, 0.1) is 11.4 Å². The Morgan fingerprint density at radius 2 is 1.79 bits per heavy atom. The van der Waals surface area contributed by atoms with E-state index in [1.54, 1.807) is 18.2 Å². The molecular weight excluding hydrogens is 446 g/mol. The molecule has 7 nitrogen and oxygen atoms in total. The van der Waals surface area contributed by atoms with Gasteiger partial charge in [0, 0.05) is 17.6 Å². The minimum atomic E-state index is -3.80. The van der Waals surface area contributed by atoms with Crippen LogP contribution in [0.4, 0.5) is 0 Å². The molecule has 0 unspecified atom stereocenters. The summed E-state index contributed by atoms with van der Waals surface area (Å²) < 4.78 is 26.7. The Labute approximate surface area is 172 Å². The highest BCUT2D eigenvalue weighted by Crippen LogP contribution is 2.14. The first-order chi connectivity index (χ1) is 13.2. The van der Waals surface area contributed by atoms with Crippen molar-refractivity contribution in [2.75, 3.05) is 13.6 Å². The maximum Gasteiger partial charge on any atom is 0.262 e. The lowest BCUT2D eigenvalue weighted by atomic mass is 10.2. The number of carbonyl (C=O) groups is 2. The molecule has 9 heteroatoms. The summed E-state index contributed by atoms with van der Waals surface area (Å²) >= 11 is 3.33. The summed E-state index contributed by atoms with van der Waals surface area (Å²) in [6, 6.07) is 13.6. The van der Waals surface area contributed by atoms with Gasteiger partial charge in [-0.05, 0) is 42.8 Å². The van der Waals surface area contributed by atoms with Gasteiger partial charge in [-0.2, -0.15) is 4.31 Å². The van der Waals surface area contributed by atoms with E-state index in [0.29, 0.717) is 0 Å². The standard InChI is InChI=1S/C19H20BrN3O4S/c1-14-6-9-17(10-7-14)28(26,27)23(2)13-19(25)22-21-18(24)11-8-15-4-3-5-16(20)12-15/h3-12H,13H2,1-2H3,(H,21,24)(H,22,25). The van der Waals surface area contributed by atoms with E-state index in [-0.39, 0.29) is 4.90 Å². The molecule has 0 saturated carbocycles. The van der Waals surface area contributed by atoms with Crippen LogP contribution in [0.5, 0.6) is 0 Å². The maximum absolute atomic E-state index is 12.4. The molecule has 0 aliphatic carbocycles. The zero-order valence-electron chi connectivity index (χ0n) is 15.3. The summed E-state index contributed by atoms with van der Waals surface area (Å²) in [6.07, 6.45) is 2.84. The van der Waals surface area contributed by atoms with Crippen LogP contribution in [0.1, 0.15) is 11.1 Å². The Morgan fingerprint density at radius 3 is 2.43 bits per heavy atom. The number of nitrogens with zero attached hydrogens (tertiary/aromatic N) is 1. The van der Waals surface area contributed by atoms with Crippen molar-refractivity contribution in [1.82, 2.24) is 15.2 Å². The van der Waals surface area contributed by atoms with Crippen molar-refractivity contribution >= 4 is 43.8 Å². The molecule has 0 aliphatic rings. The number of sulfonamides is 1. The molecule has 0 radical (unpaired) electrons. The van der Waals surface area contributed by atoms with Crippen LogP contribution in [-0.4, -0.2) is 38.1 Å². The summed E-state index contributed by atoms with van der Waals surface area (Å²) in [5.41, 5.74) is 6.14. The van der Waals surface area contributed by atoms with Crippen LogP contribution in [0.25, 0.3) is 6.08 Å². The smallest absolute Gasteiger partial charge is 0.262 e. The second-order valence-corrected chi connectivity index (χ2v) is 8.96. The molecule has 2 aromatic rings. The predicted molar refractivity (Wildman–Crippen MR) is 110 cm³/mol. The highest BCUT2D eigenvalue weighted by Gasteiger charge is 2.22. The van der Waals surface area contributed by atoms with E-state index in [0.717, 1.165) is 19.9 Å². The number of benzene rings is 2. The van der Waals surface area contributed by atoms with Gasteiger partial charge in [0.25, 0.3) is 11.8 Å². The van der Waals surface area contributed by atoms with Gasteiger partial charge in [0.1, 0.15) is 0 Å². The third kappa shape index (κ3) is 6.29. The van der Waals surface area contributed by atoms with Crippen LogP contribution in [0.15, 0.2) is 64.0 Å². The molecule has 0 spiro atoms. The Hall–Kier alpha value is -2.49. The lowest BCUT2D eigenvalue weighted by Crippen LogP contribution is -2.46. The first-order valence-electron chi connectivity index (χ1n) is 8.24. The van der Waals surface area contributed by atoms with Crippen LogP contribution in [0.2, 0.25) is 0 Å². The van der Waals surface area contributed by atoms with Crippen LogP contribution in [0.3, 0.4) is 0 Å². The van der Waals surface area contributed by atoms with Crippen molar-refractivity contribution in [3.8, 4) is 0 Å². The van der Waals surface area contributed by atoms with Gasteiger partial charge in [0.15, 0.2) is 0 Å². The van der Waals surface area contributed by atoms with Crippen molar-refractivity contribution in [3.05, 3.63) is 70.2 Å². The Balaban J connectivity index is 1.87. The van der Waals surface area contributed by atoms with E-state index < -0.39 is 28.4 Å². The quantitative estimate of drug-likeness (QED) is 0.504. The lowest BCUT2D eigenvalue weighted by molar-refractivity contribution is -0.126. The fourth-order valence-corrected chi connectivity index (χ4v) is 3.72. The highest BCUT2D eigenvalue weighted by atomic mass is 79.9. The van der Waals surface area contributed by atoms with Gasteiger partial charge < -0.3 is 0 Å². The highest BCUT2D eigenvalue weighted by molar-refractivity contribution is 9.10. The number of halogens is 1. The number of rotatable bonds is 6. The molecule has 0 aliphatic heterocycles. The molecular formula is C19H20BrN3O4S. The minimum absolute atomic E-state index is 0.0920. The first-order valence-corrected chi connectivity index (χ1v) is 10.5. The minimum Gasteiger partial charge on any atom is -0.272 e.